The highest BCUT2D eigenvalue weighted by molar-refractivity contribution is 5.77. The van der Waals surface area contributed by atoms with Crippen LogP contribution in [0.5, 0.6) is 0 Å². The standard InChI is InChI=1S/C14H29NO/c1-11(2)12(16)15(8)10-14(6,7)9-13(3,4)5/h11H,9-10H2,1-8H3. The Balaban J connectivity index is 4.42. The minimum absolute atomic E-state index is 0.0930. The Morgan fingerprint density at radius 3 is 1.88 bits per heavy atom. The Bertz CT molecular complexity index is 236. The maximum atomic E-state index is 11.8. The third-order valence-electron chi connectivity index (χ3n) is 2.54. The zero-order valence-electron chi connectivity index (χ0n) is 12.3. The lowest BCUT2D eigenvalue weighted by atomic mass is 9.76. The molecule has 0 aromatic rings. The van der Waals surface area contributed by atoms with Crippen LogP contribution in [0.15, 0.2) is 0 Å². The highest BCUT2D eigenvalue weighted by Crippen LogP contribution is 2.33. The van der Waals surface area contributed by atoms with Gasteiger partial charge in [-0.25, -0.2) is 0 Å². The zero-order valence-corrected chi connectivity index (χ0v) is 12.3. The lowest BCUT2D eigenvalue weighted by Crippen LogP contribution is -2.39. The largest absolute Gasteiger partial charge is 0.345 e. The van der Waals surface area contributed by atoms with Gasteiger partial charge in [0, 0.05) is 19.5 Å². The summed E-state index contributed by atoms with van der Waals surface area (Å²) >= 11 is 0. The quantitative estimate of drug-likeness (QED) is 0.719. The molecule has 0 spiro atoms. The second-order valence-electron chi connectivity index (χ2n) is 7.25. The van der Waals surface area contributed by atoms with Crippen LogP contribution in [0.25, 0.3) is 0 Å². The normalized spacial score (nSPS) is 13.1. The number of amides is 1. The molecule has 96 valence electrons. The van der Waals surface area contributed by atoms with Gasteiger partial charge in [-0.3, -0.25) is 4.79 Å². The first-order valence-corrected chi connectivity index (χ1v) is 6.20. The number of carbonyl (C=O) groups excluding carboxylic acids is 1. The highest BCUT2D eigenvalue weighted by Gasteiger charge is 2.28. The molecule has 0 aliphatic carbocycles. The summed E-state index contributed by atoms with van der Waals surface area (Å²) in [5.74, 6) is 0.331. The van der Waals surface area contributed by atoms with Crippen molar-refractivity contribution in [2.45, 2.75) is 54.9 Å². The molecule has 0 aliphatic rings. The van der Waals surface area contributed by atoms with Crippen LogP contribution in [0.1, 0.15) is 54.9 Å². The summed E-state index contributed by atoms with van der Waals surface area (Å²) in [6.07, 6.45) is 1.12. The predicted octanol–water partition coefficient (Wildman–Crippen LogP) is 3.56. The number of nitrogens with zero attached hydrogens (tertiary/aromatic N) is 1. The molecule has 0 N–H and O–H groups in total. The van der Waals surface area contributed by atoms with Crippen LogP contribution < -0.4 is 0 Å². The van der Waals surface area contributed by atoms with E-state index >= 15 is 0 Å². The molecule has 0 atom stereocenters. The molecular weight excluding hydrogens is 198 g/mol. The monoisotopic (exact) mass is 227 g/mol. The minimum atomic E-state index is 0.0930. The van der Waals surface area contributed by atoms with Crippen LogP contribution in [0.4, 0.5) is 0 Å². The van der Waals surface area contributed by atoms with Crippen molar-refractivity contribution < 1.29 is 4.79 Å². The molecule has 0 rings (SSSR count). The highest BCUT2D eigenvalue weighted by atomic mass is 16.2. The first-order chi connectivity index (χ1) is 6.94. The van der Waals surface area contributed by atoms with Crippen molar-refractivity contribution in [2.24, 2.45) is 16.7 Å². The fourth-order valence-corrected chi connectivity index (χ4v) is 2.65. The van der Waals surface area contributed by atoms with Crippen molar-refractivity contribution >= 4 is 5.91 Å². The molecule has 0 unspecified atom stereocenters. The van der Waals surface area contributed by atoms with Gasteiger partial charge in [0.2, 0.25) is 5.91 Å². The number of hydrogen-bond acceptors (Lipinski definition) is 1. The van der Waals surface area contributed by atoms with E-state index in [1.54, 1.807) is 0 Å². The maximum absolute atomic E-state index is 11.8. The molecule has 2 heteroatoms. The molecule has 2 nitrogen and oxygen atoms in total. The molecule has 0 saturated carbocycles. The lowest BCUT2D eigenvalue weighted by molar-refractivity contribution is -0.134. The van der Waals surface area contributed by atoms with Crippen molar-refractivity contribution in [1.82, 2.24) is 4.90 Å². The van der Waals surface area contributed by atoms with Crippen LogP contribution in [0, 0.1) is 16.7 Å². The van der Waals surface area contributed by atoms with Gasteiger partial charge < -0.3 is 4.90 Å². The third kappa shape index (κ3) is 6.14. The molecule has 0 bridgehead atoms. The molecule has 0 aliphatic heterocycles. The predicted molar refractivity (Wildman–Crippen MR) is 70.3 cm³/mol. The summed E-state index contributed by atoms with van der Waals surface area (Å²) in [7, 11) is 1.91. The topological polar surface area (TPSA) is 20.3 Å². The maximum Gasteiger partial charge on any atom is 0.224 e. The van der Waals surface area contributed by atoms with E-state index in [0.717, 1.165) is 13.0 Å². The zero-order chi connectivity index (χ0) is 13.1. The Labute approximate surface area is 101 Å². The molecule has 0 radical (unpaired) electrons. The van der Waals surface area contributed by atoms with E-state index in [1.165, 1.54) is 0 Å². The van der Waals surface area contributed by atoms with Gasteiger partial charge in [0.15, 0.2) is 0 Å². The molecule has 0 heterocycles. The van der Waals surface area contributed by atoms with Crippen molar-refractivity contribution in [3.63, 3.8) is 0 Å². The fraction of sp³-hybridized carbons (Fsp3) is 0.929. The van der Waals surface area contributed by atoms with E-state index < -0.39 is 0 Å². The summed E-state index contributed by atoms with van der Waals surface area (Å²) < 4.78 is 0. The van der Waals surface area contributed by atoms with Crippen LogP contribution in [-0.2, 0) is 4.79 Å². The van der Waals surface area contributed by atoms with Crippen molar-refractivity contribution in [1.29, 1.82) is 0 Å². The molecule has 0 aromatic carbocycles. The molecular formula is C14H29NO. The van der Waals surface area contributed by atoms with Gasteiger partial charge in [-0.2, -0.15) is 0 Å². The van der Waals surface area contributed by atoms with E-state index in [9.17, 15) is 4.79 Å². The fourth-order valence-electron chi connectivity index (χ4n) is 2.65. The third-order valence-corrected chi connectivity index (χ3v) is 2.54. The Morgan fingerprint density at radius 1 is 1.12 bits per heavy atom. The van der Waals surface area contributed by atoms with Crippen LogP contribution in [0.2, 0.25) is 0 Å². The average molecular weight is 227 g/mol. The van der Waals surface area contributed by atoms with Gasteiger partial charge in [-0.05, 0) is 17.3 Å². The summed E-state index contributed by atoms with van der Waals surface area (Å²) in [6.45, 7) is 16.0. The smallest absolute Gasteiger partial charge is 0.224 e. The van der Waals surface area contributed by atoms with Crippen molar-refractivity contribution in [3.05, 3.63) is 0 Å². The summed E-state index contributed by atoms with van der Waals surface area (Å²) in [6, 6.07) is 0. The number of rotatable bonds is 4. The Kier molecular flexibility index (Phi) is 5.03. The average Bonchev–Trinajstić information content (AvgIpc) is 1.96. The van der Waals surface area contributed by atoms with E-state index in [1.807, 2.05) is 25.8 Å². The SMILES string of the molecule is CC(C)C(=O)N(C)CC(C)(C)CC(C)(C)C. The Morgan fingerprint density at radius 2 is 1.56 bits per heavy atom. The molecule has 16 heavy (non-hydrogen) atoms. The van der Waals surface area contributed by atoms with E-state index in [2.05, 4.69) is 34.6 Å². The molecule has 0 saturated heterocycles. The lowest BCUT2D eigenvalue weighted by Gasteiger charge is -2.36. The van der Waals surface area contributed by atoms with E-state index in [4.69, 9.17) is 0 Å². The minimum Gasteiger partial charge on any atom is -0.345 e. The Hall–Kier alpha value is -0.530. The van der Waals surface area contributed by atoms with E-state index in [-0.39, 0.29) is 17.2 Å². The first kappa shape index (κ1) is 15.5. The van der Waals surface area contributed by atoms with Crippen LogP contribution in [-0.4, -0.2) is 24.4 Å². The van der Waals surface area contributed by atoms with Gasteiger partial charge in [0.1, 0.15) is 0 Å². The second-order valence-corrected chi connectivity index (χ2v) is 7.25. The summed E-state index contributed by atoms with van der Waals surface area (Å²) in [5, 5.41) is 0. The first-order valence-electron chi connectivity index (χ1n) is 6.20. The summed E-state index contributed by atoms with van der Waals surface area (Å²) in [5.41, 5.74) is 0.489. The van der Waals surface area contributed by atoms with Crippen LogP contribution in [0.3, 0.4) is 0 Å². The number of carbonyl (C=O) groups is 1. The van der Waals surface area contributed by atoms with Gasteiger partial charge >= 0.3 is 0 Å². The van der Waals surface area contributed by atoms with Crippen LogP contribution >= 0.6 is 0 Å². The molecule has 0 fully saturated rings. The van der Waals surface area contributed by atoms with Gasteiger partial charge in [-0.15, -0.1) is 0 Å². The van der Waals surface area contributed by atoms with Gasteiger partial charge in [0.05, 0.1) is 0 Å². The number of hydrogen-bond donors (Lipinski definition) is 0. The summed E-state index contributed by atoms with van der Waals surface area (Å²) in [4.78, 5) is 13.7. The van der Waals surface area contributed by atoms with Gasteiger partial charge in [-0.1, -0.05) is 48.5 Å². The molecule has 1 amide bonds. The van der Waals surface area contributed by atoms with Gasteiger partial charge in [0.25, 0.3) is 0 Å². The van der Waals surface area contributed by atoms with Crippen molar-refractivity contribution in [2.75, 3.05) is 13.6 Å². The van der Waals surface area contributed by atoms with E-state index in [0.29, 0.717) is 5.41 Å². The second kappa shape index (κ2) is 5.20. The van der Waals surface area contributed by atoms with Crippen molar-refractivity contribution in [3.8, 4) is 0 Å². The molecule has 0 aromatic heterocycles.